The number of hydrogen-bond acceptors (Lipinski definition) is 3. The van der Waals surface area contributed by atoms with Crippen molar-refractivity contribution in [2.24, 2.45) is 0 Å². The Labute approximate surface area is 239 Å². The highest BCUT2D eigenvalue weighted by Gasteiger charge is 2.19. The van der Waals surface area contributed by atoms with Crippen LogP contribution in [0.1, 0.15) is 110 Å². The summed E-state index contributed by atoms with van der Waals surface area (Å²) in [6, 6.07) is 23.0. The van der Waals surface area contributed by atoms with Gasteiger partial charge in [0.2, 0.25) is 0 Å². The van der Waals surface area contributed by atoms with Crippen molar-refractivity contribution < 1.29 is 0 Å². The topological polar surface area (TPSA) is 30.7 Å². The number of unbranched alkanes of at least 4 members (excludes halogenated alkanes) is 10. The van der Waals surface area contributed by atoms with Crippen LogP contribution in [0.5, 0.6) is 0 Å². The molecule has 0 N–H and O–H groups in total. The quantitative estimate of drug-likeness (QED) is 0.117. The summed E-state index contributed by atoms with van der Waals surface area (Å²) in [6.45, 7) is 4.61. The number of para-hydroxylation sites is 1. The van der Waals surface area contributed by atoms with Crippen molar-refractivity contribution in [2.75, 3.05) is 0 Å². The Hall–Kier alpha value is -2.72. The fourth-order valence-electron chi connectivity index (χ4n) is 6.32. The van der Waals surface area contributed by atoms with Crippen molar-refractivity contribution in [3.05, 3.63) is 60.7 Å². The zero-order valence-corrected chi connectivity index (χ0v) is 24.8. The van der Waals surface area contributed by atoms with Crippen molar-refractivity contribution in [3.8, 4) is 11.1 Å². The second-order valence-corrected chi connectivity index (χ2v) is 11.9. The van der Waals surface area contributed by atoms with E-state index in [-0.39, 0.29) is 0 Å². The molecule has 5 aromatic rings. The van der Waals surface area contributed by atoms with E-state index in [0.717, 1.165) is 11.0 Å². The molecule has 0 spiro atoms. The zero-order valence-electron chi connectivity index (χ0n) is 24.0. The first-order valence-corrected chi connectivity index (χ1v) is 16.3. The molecule has 0 amide bonds. The third-order valence-corrected chi connectivity index (χ3v) is 9.00. The van der Waals surface area contributed by atoms with Gasteiger partial charge in [-0.3, -0.25) is 0 Å². The van der Waals surface area contributed by atoms with E-state index in [4.69, 9.17) is 0 Å². The van der Waals surface area contributed by atoms with E-state index in [1.54, 1.807) is 0 Å². The third kappa shape index (κ3) is 6.54. The molecule has 0 saturated carbocycles. The molecule has 0 fully saturated rings. The summed E-state index contributed by atoms with van der Waals surface area (Å²) in [5.41, 5.74) is 7.18. The number of aromatic nitrogens is 3. The summed E-state index contributed by atoms with van der Waals surface area (Å²) in [4.78, 5) is 0. The first-order chi connectivity index (χ1) is 19.3. The maximum atomic E-state index is 4.64. The van der Waals surface area contributed by atoms with E-state index in [1.807, 2.05) is 0 Å². The minimum Gasteiger partial charge on any atom is -0.337 e. The Balaban J connectivity index is 1.49. The Morgan fingerprint density at radius 2 is 1.31 bits per heavy atom. The lowest BCUT2D eigenvalue weighted by Gasteiger charge is -2.22. The molecule has 0 aliphatic rings. The molecule has 0 atom stereocenters. The van der Waals surface area contributed by atoms with Crippen LogP contribution in [0.15, 0.2) is 60.7 Å². The molecule has 206 valence electrons. The molecule has 4 heteroatoms. The number of hydrogen-bond donors (Lipinski definition) is 0. The standard InChI is InChI=1S/C35H45N3S/c1-3-5-7-9-11-13-18-28(19-14-12-10-8-6-4-2)38-33-23-16-15-20-30(33)31-25-24-27(26-34(31)38)29-21-17-22-32-35(29)37-39-36-32/h15-17,20-26,28H,3-14,18-19H2,1-2H3. The van der Waals surface area contributed by atoms with Crippen LogP contribution in [0.4, 0.5) is 0 Å². The van der Waals surface area contributed by atoms with Crippen molar-refractivity contribution in [1.82, 2.24) is 13.3 Å². The number of rotatable bonds is 16. The molecule has 0 saturated heterocycles. The summed E-state index contributed by atoms with van der Waals surface area (Å²) in [5, 5.41) is 2.75. The van der Waals surface area contributed by atoms with Crippen LogP contribution in [0, 0.1) is 0 Å². The van der Waals surface area contributed by atoms with E-state index >= 15 is 0 Å². The van der Waals surface area contributed by atoms with Gasteiger partial charge in [-0.15, -0.1) is 0 Å². The van der Waals surface area contributed by atoms with Crippen LogP contribution in [0.25, 0.3) is 44.0 Å². The van der Waals surface area contributed by atoms with Gasteiger partial charge in [0.05, 0.1) is 11.7 Å². The third-order valence-electron chi connectivity index (χ3n) is 8.45. The number of benzene rings is 3. The Morgan fingerprint density at radius 3 is 2.05 bits per heavy atom. The molecule has 39 heavy (non-hydrogen) atoms. The maximum Gasteiger partial charge on any atom is 0.112 e. The van der Waals surface area contributed by atoms with Crippen LogP contribution in [-0.4, -0.2) is 13.3 Å². The summed E-state index contributed by atoms with van der Waals surface area (Å²) in [6.07, 6.45) is 18.8. The van der Waals surface area contributed by atoms with Gasteiger partial charge in [-0.2, -0.15) is 8.75 Å². The Bertz CT molecular complexity index is 1450. The highest BCUT2D eigenvalue weighted by atomic mass is 32.1. The fourth-order valence-corrected chi connectivity index (χ4v) is 6.87. The van der Waals surface area contributed by atoms with E-state index in [1.165, 1.54) is 135 Å². The van der Waals surface area contributed by atoms with E-state index in [2.05, 4.69) is 87.8 Å². The summed E-state index contributed by atoms with van der Waals surface area (Å²) < 4.78 is 11.8. The van der Waals surface area contributed by atoms with Crippen molar-refractivity contribution in [3.63, 3.8) is 0 Å². The maximum absolute atomic E-state index is 4.64. The minimum absolute atomic E-state index is 0.539. The lowest BCUT2D eigenvalue weighted by Crippen LogP contribution is -2.09. The molecule has 5 rings (SSSR count). The molecule has 0 aliphatic heterocycles. The summed E-state index contributed by atoms with van der Waals surface area (Å²) in [7, 11) is 0. The van der Waals surface area contributed by atoms with Gasteiger partial charge in [0, 0.05) is 33.4 Å². The lowest BCUT2D eigenvalue weighted by molar-refractivity contribution is 0.410. The van der Waals surface area contributed by atoms with Gasteiger partial charge in [0.1, 0.15) is 11.0 Å². The number of fused-ring (bicyclic) bond motifs is 4. The monoisotopic (exact) mass is 539 g/mol. The van der Waals surface area contributed by atoms with Gasteiger partial charge in [-0.1, -0.05) is 133 Å². The Kier molecular flexibility index (Phi) is 10.0. The molecule has 0 aliphatic carbocycles. The first kappa shape index (κ1) is 27.8. The molecule has 3 nitrogen and oxygen atoms in total. The SMILES string of the molecule is CCCCCCCCC(CCCCCCCC)n1c2ccccc2c2ccc(-c3cccc4nsnc34)cc21. The molecule has 2 heterocycles. The van der Waals surface area contributed by atoms with Crippen LogP contribution in [0.3, 0.4) is 0 Å². The van der Waals surface area contributed by atoms with Gasteiger partial charge in [0.15, 0.2) is 0 Å². The van der Waals surface area contributed by atoms with E-state index in [9.17, 15) is 0 Å². The second kappa shape index (κ2) is 14.1. The van der Waals surface area contributed by atoms with Crippen LogP contribution in [0.2, 0.25) is 0 Å². The predicted octanol–water partition coefficient (Wildman–Crippen LogP) is 11.5. The van der Waals surface area contributed by atoms with Crippen molar-refractivity contribution in [2.45, 2.75) is 110 Å². The van der Waals surface area contributed by atoms with Crippen molar-refractivity contribution in [1.29, 1.82) is 0 Å². The average molecular weight is 540 g/mol. The number of nitrogens with zero attached hydrogens (tertiary/aromatic N) is 3. The smallest absolute Gasteiger partial charge is 0.112 e. The summed E-state index contributed by atoms with van der Waals surface area (Å²) in [5.74, 6) is 0. The van der Waals surface area contributed by atoms with E-state index in [0.29, 0.717) is 6.04 Å². The van der Waals surface area contributed by atoms with Gasteiger partial charge < -0.3 is 4.57 Å². The van der Waals surface area contributed by atoms with Gasteiger partial charge in [-0.25, -0.2) is 0 Å². The van der Waals surface area contributed by atoms with Gasteiger partial charge >= 0.3 is 0 Å². The molecular formula is C35H45N3S. The first-order valence-electron chi connectivity index (χ1n) is 15.6. The van der Waals surface area contributed by atoms with Crippen LogP contribution in [-0.2, 0) is 0 Å². The molecule has 0 unspecified atom stereocenters. The molecular weight excluding hydrogens is 494 g/mol. The Morgan fingerprint density at radius 1 is 0.641 bits per heavy atom. The van der Waals surface area contributed by atoms with Crippen LogP contribution >= 0.6 is 11.7 Å². The molecule has 0 bridgehead atoms. The molecule has 0 radical (unpaired) electrons. The van der Waals surface area contributed by atoms with Crippen LogP contribution < -0.4 is 0 Å². The zero-order chi connectivity index (χ0) is 26.9. The van der Waals surface area contributed by atoms with Crippen molar-refractivity contribution >= 4 is 44.6 Å². The summed E-state index contributed by atoms with van der Waals surface area (Å²) >= 11 is 1.30. The molecule has 3 aromatic carbocycles. The largest absolute Gasteiger partial charge is 0.337 e. The van der Waals surface area contributed by atoms with Gasteiger partial charge in [0.25, 0.3) is 0 Å². The average Bonchev–Trinajstić information content (AvgIpc) is 3.58. The highest BCUT2D eigenvalue weighted by molar-refractivity contribution is 7.00. The second-order valence-electron chi connectivity index (χ2n) is 11.3. The highest BCUT2D eigenvalue weighted by Crippen LogP contribution is 2.38. The molecule has 2 aromatic heterocycles. The lowest BCUT2D eigenvalue weighted by atomic mass is 9.99. The van der Waals surface area contributed by atoms with Gasteiger partial charge in [-0.05, 0) is 36.6 Å². The normalized spacial score (nSPS) is 12.0. The minimum atomic E-state index is 0.539. The predicted molar refractivity (Wildman–Crippen MR) is 171 cm³/mol. The van der Waals surface area contributed by atoms with E-state index < -0.39 is 0 Å². The fraction of sp³-hybridized carbons (Fsp3) is 0.486.